The summed E-state index contributed by atoms with van der Waals surface area (Å²) >= 11 is 6.06. The standard InChI is InChI=1S/C19H15ClF3NO3/c1-11-18(26-12(2)25)16-9-14(20)6-7-17(16)24(11)10-13-4-3-5-15(8-13)27-19(21,22)23/h3-9H,10H2,1-2H3. The molecule has 1 heterocycles. The highest BCUT2D eigenvalue weighted by atomic mass is 35.5. The van der Waals surface area contributed by atoms with Gasteiger partial charge < -0.3 is 14.0 Å². The van der Waals surface area contributed by atoms with Gasteiger partial charge in [0.05, 0.1) is 11.2 Å². The van der Waals surface area contributed by atoms with Crippen molar-refractivity contribution >= 4 is 28.5 Å². The molecule has 0 bridgehead atoms. The maximum absolute atomic E-state index is 12.4. The summed E-state index contributed by atoms with van der Waals surface area (Å²) in [6.07, 6.45) is -4.76. The van der Waals surface area contributed by atoms with Crippen LogP contribution in [0.3, 0.4) is 0 Å². The van der Waals surface area contributed by atoms with Crippen LogP contribution in [0.2, 0.25) is 5.02 Å². The first-order valence-corrected chi connectivity index (χ1v) is 8.33. The molecule has 0 spiro atoms. The Morgan fingerprint density at radius 2 is 1.93 bits per heavy atom. The van der Waals surface area contributed by atoms with Gasteiger partial charge in [-0.2, -0.15) is 0 Å². The molecule has 27 heavy (non-hydrogen) atoms. The number of ether oxygens (including phenoxy) is 2. The Hall–Kier alpha value is -2.67. The summed E-state index contributed by atoms with van der Waals surface area (Å²) < 4.78 is 48.5. The first-order valence-electron chi connectivity index (χ1n) is 7.95. The third-order valence-corrected chi connectivity index (χ3v) is 4.18. The van der Waals surface area contributed by atoms with Crippen molar-refractivity contribution in [2.75, 3.05) is 0 Å². The lowest BCUT2D eigenvalue weighted by Crippen LogP contribution is -2.17. The Morgan fingerprint density at radius 1 is 1.19 bits per heavy atom. The van der Waals surface area contributed by atoms with Gasteiger partial charge in [0.1, 0.15) is 5.75 Å². The zero-order chi connectivity index (χ0) is 19.8. The Morgan fingerprint density at radius 3 is 2.59 bits per heavy atom. The van der Waals surface area contributed by atoms with Crippen LogP contribution < -0.4 is 9.47 Å². The molecule has 0 radical (unpaired) electrons. The van der Waals surface area contributed by atoms with E-state index in [2.05, 4.69) is 4.74 Å². The SMILES string of the molecule is CC(=O)Oc1c(C)n(Cc2cccc(OC(F)(F)F)c2)c2ccc(Cl)cc12. The van der Waals surface area contributed by atoms with Crippen LogP contribution >= 0.6 is 11.6 Å². The summed E-state index contributed by atoms with van der Waals surface area (Å²) in [5.74, 6) is -0.391. The van der Waals surface area contributed by atoms with E-state index in [0.717, 1.165) is 5.52 Å². The fourth-order valence-electron chi connectivity index (χ4n) is 2.92. The molecule has 0 atom stereocenters. The number of alkyl halides is 3. The zero-order valence-corrected chi connectivity index (χ0v) is 15.2. The predicted molar refractivity (Wildman–Crippen MR) is 95.2 cm³/mol. The number of nitrogens with zero attached hydrogens (tertiary/aromatic N) is 1. The van der Waals surface area contributed by atoms with Gasteiger partial charge in [-0.3, -0.25) is 4.79 Å². The third kappa shape index (κ3) is 4.36. The van der Waals surface area contributed by atoms with Gasteiger partial charge in [0.2, 0.25) is 0 Å². The van der Waals surface area contributed by atoms with Gasteiger partial charge in [-0.15, -0.1) is 13.2 Å². The summed E-state index contributed by atoms with van der Waals surface area (Å²) in [6.45, 7) is 3.33. The van der Waals surface area contributed by atoms with Crippen LogP contribution in [0.5, 0.6) is 11.5 Å². The molecule has 2 aromatic carbocycles. The number of carbonyl (C=O) groups is 1. The molecular formula is C19H15ClF3NO3. The number of benzene rings is 2. The van der Waals surface area contributed by atoms with E-state index in [-0.39, 0.29) is 12.3 Å². The topological polar surface area (TPSA) is 40.5 Å². The van der Waals surface area contributed by atoms with Crippen LogP contribution in [0.15, 0.2) is 42.5 Å². The van der Waals surface area contributed by atoms with E-state index >= 15 is 0 Å². The maximum atomic E-state index is 12.4. The smallest absolute Gasteiger partial charge is 0.424 e. The van der Waals surface area contributed by atoms with E-state index in [9.17, 15) is 18.0 Å². The maximum Gasteiger partial charge on any atom is 0.573 e. The Labute approximate surface area is 158 Å². The van der Waals surface area contributed by atoms with Crippen molar-refractivity contribution in [3.63, 3.8) is 0 Å². The minimum absolute atomic E-state index is 0.264. The normalized spacial score (nSPS) is 11.6. The number of carbonyl (C=O) groups excluding carboxylic acids is 1. The second kappa shape index (κ2) is 7.15. The summed E-state index contributed by atoms with van der Waals surface area (Å²) in [5, 5.41) is 1.13. The van der Waals surface area contributed by atoms with Crippen molar-refractivity contribution < 1.29 is 27.4 Å². The molecule has 1 aromatic heterocycles. The lowest BCUT2D eigenvalue weighted by atomic mass is 10.2. The molecule has 0 saturated carbocycles. The van der Waals surface area contributed by atoms with Crippen LogP contribution in [-0.4, -0.2) is 16.9 Å². The van der Waals surface area contributed by atoms with Gasteiger partial charge >= 0.3 is 12.3 Å². The van der Waals surface area contributed by atoms with E-state index in [1.54, 1.807) is 31.2 Å². The van der Waals surface area contributed by atoms with Gasteiger partial charge in [0, 0.05) is 23.9 Å². The lowest BCUT2D eigenvalue weighted by molar-refractivity contribution is -0.274. The molecule has 3 aromatic rings. The summed E-state index contributed by atoms with van der Waals surface area (Å²) in [6, 6.07) is 10.9. The van der Waals surface area contributed by atoms with Gasteiger partial charge in [-0.1, -0.05) is 23.7 Å². The van der Waals surface area contributed by atoms with Crippen LogP contribution in [0, 0.1) is 6.92 Å². The number of hydrogen-bond donors (Lipinski definition) is 0. The van der Waals surface area contributed by atoms with Crippen molar-refractivity contribution in [1.82, 2.24) is 4.57 Å². The van der Waals surface area contributed by atoms with Crippen LogP contribution in [0.1, 0.15) is 18.2 Å². The molecule has 0 N–H and O–H groups in total. The van der Waals surface area contributed by atoms with Gasteiger partial charge in [-0.05, 0) is 42.8 Å². The van der Waals surface area contributed by atoms with E-state index in [0.29, 0.717) is 27.4 Å². The highest BCUT2D eigenvalue weighted by Gasteiger charge is 2.31. The first kappa shape index (κ1) is 19.1. The number of esters is 1. The number of rotatable bonds is 4. The Balaban J connectivity index is 2.04. The third-order valence-electron chi connectivity index (χ3n) is 3.95. The summed E-state index contributed by atoms with van der Waals surface area (Å²) in [4.78, 5) is 11.5. The molecular weight excluding hydrogens is 383 g/mol. The molecule has 0 aliphatic heterocycles. The Bertz CT molecular complexity index is 1010. The van der Waals surface area contributed by atoms with Crippen molar-refractivity contribution in [1.29, 1.82) is 0 Å². The molecule has 0 amide bonds. The average Bonchev–Trinajstić information content (AvgIpc) is 2.78. The van der Waals surface area contributed by atoms with Crippen LogP contribution in [0.4, 0.5) is 13.2 Å². The second-order valence-corrected chi connectivity index (χ2v) is 6.39. The Kier molecular flexibility index (Phi) is 5.06. The highest BCUT2D eigenvalue weighted by molar-refractivity contribution is 6.31. The summed E-state index contributed by atoms with van der Waals surface area (Å²) in [5.41, 5.74) is 2.00. The molecule has 0 aliphatic rings. The molecule has 0 fully saturated rings. The van der Waals surface area contributed by atoms with Crippen molar-refractivity contribution in [2.24, 2.45) is 0 Å². The zero-order valence-electron chi connectivity index (χ0n) is 14.4. The number of hydrogen-bond acceptors (Lipinski definition) is 3. The van der Waals surface area contributed by atoms with Crippen molar-refractivity contribution in [3.05, 3.63) is 58.7 Å². The molecule has 0 unspecified atom stereocenters. The van der Waals surface area contributed by atoms with E-state index in [1.807, 2.05) is 4.57 Å². The van der Waals surface area contributed by atoms with Crippen LogP contribution in [0.25, 0.3) is 10.9 Å². The minimum atomic E-state index is -4.76. The monoisotopic (exact) mass is 397 g/mol. The van der Waals surface area contributed by atoms with Gasteiger partial charge in [0.15, 0.2) is 5.75 Å². The molecule has 0 saturated heterocycles. The van der Waals surface area contributed by atoms with Crippen LogP contribution in [-0.2, 0) is 11.3 Å². The van der Waals surface area contributed by atoms with Gasteiger partial charge in [0.25, 0.3) is 0 Å². The largest absolute Gasteiger partial charge is 0.573 e. The minimum Gasteiger partial charge on any atom is -0.424 e. The quantitative estimate of drug-likeness (QED) is 0.548. The predicted octanol–water partition coefficient (Wildman–Crippen LogP) is 5.48. The molecule has 142 valence electrons. The van der Waals surface area contributed by atoms with E-state index < -0.39 is 12.3 Å². The van der Waals surface area contributed by atoms with E-state index in [1.165, 1.54) is 25.1 Å². The van der Waals surface area contributed by atoms with Crippen molar-refractivity contribution in [3.8, 4) is 11.5 Å². The molecule has 3 rings (SSSR count). The average molecular weight is 398 g/mol. The molecule has 8 heteroatoms. The molecule has 4 nitrogen and oxygen atoms in total. The van der Waals surface area contributed by atoms with E-state index in [4.69, 9.17) is 16.3 Å². The number of aromatic nitrogens is 1. The fraction of sp³-hybridized carbons (Fsp3) is 0.211. The fourth-order valence-corrected chi connectivity index (χ4v) is 3.10. The van der Waals surface area contributed by atoms with Crippen molar-refractivity contribution in [2.45, 2.75) is 26.8 Å². The first-order chi connectivity index (χ1) is 12.6. The number of halogens is 4. The molecule has 0 aliphatic carbocycles. The van der Waals surface area contributed by atoms with Gasteiger partial charge in [-0.25, -0.2) is 0 Å². The second-order valence-electron chi connectivity index (χ2n) is 5.95. The highest BCUT2D eigenvalue weighted by Crippen LogP contribution is 2.35. The summed E-state index contributed by atoms with van der Waals surface area (Å²) in [7, 11) is 0. The number of fused-ring (bicyclic) bond motifs is 1. The lowest BCUT2D eigenvalue weighted by Gasteiger charge is -2.12.